The van der Waals surface area contributed by atoms with Gasteiger partial charge in [-0.2, -0.15) is 0 Å². The van der Waals surface area contributed by atoms with Crippen molar-refractivity contribution in [2.24, 2.45) is 5.92 Å². The van der Waals surface area contributed by atoms with Crippen molar-refractivity contribution in [1.82, 2.24) is 0 Å². The van der Waals surface area contributed by atoms with Crippen LogP contribution in [0.3, 0.4) is 0 Å². The van der Waals surface area contributed by atoms with Gasteiger partial charge in [-0.05, 0) is 24.3 Å². The molecule has 7 nitrogen and oxygen atoms in total. The summed E-state index contributed by atoms with van der Waals surface area (Å²) in [4.78, 5) is 31.8. The molecule has 1 unspecified atom stereocenters. The van der Waals surface area contributed by atoms with Gasteiger partial charge < -0.3 is 0 Å². The van der Waals surface area contributed by atoms with Crippen LogP contribution in [0.2, 0.25) is 0 Å². The Hall–Kier alpha value is -2.31. The van der Waals surface area contributed by atoms with Crippen LogP contribution >= 0.6 is 0 Å². The van der Waals surface area contributed by atoms with Crippen molar-refractivity contribution in [2.45, 2.75) is 31.6 Å². The van der Waals surface area contributed by atoms with Crippen LogP contribution in [-0.4, -0.2) is 15.8 Å². The fraction of sp³-hybridized carbons (Fsp3) is 0.462. The van der Waals surface area contributed by atoms with Crippen LogP contribution < -0.4 is 0 Å². The zero-order valence-electron chi connectivity index (χ0n) is 10.7. The average molecular weight is 278 g/mol. The molecule has 0 bridgehead atoms. The molecule has 1 aromatic rings. The van der Waals surface area contributed by atoms with Gasteiger partial charge in [0.15, 0.2) is 0 Å². The predicted molar refractivity (Wildman–Crippen MR) is 69.8 cm³/mol. The molecule has 0 radical (unpaired) electrons. The number of nitro groups is 2. The molecule has 106 valence electrons. The normalized spacial score (nSPS) is 16.8. The second-order valence-electron chi connectivity index (χ2n) is 4.97. The minimum absolute atomic E-state index is 0.0469. The van der Waals surface area contributed by atoms with E-state index in [0.717, 1.165) is 25.7 Å². The lowest BCUT2D eigenvalue weighted by Gasteiger charge is -2.17. The summed E-state index contributed by atoms with van der Waals surface area (Å²) in [5.41, 5.74) is 0.400. The Morgan fingerprint density at radius 1 is 1.10 bits per heavy atom. The van der Waals surface area contributed by atoms with Crippen molar-refractivity contribution in [1.29, 1.82) is 0 Å². The van der Waals surface area contributed by atoms with Crippen molar-refractivity contribution in [2.75, 3.05) is 0 Å². The molecule has 1 saturated carbocycles. The summed E-state index contributed by atoms with van der Waals surface area (Å²) in [5, 5.41) is 21.4. The quantitative estimate of drug-likeness (QED) is 0.622. The molecule has 0 N–H and O–H groups in total. The summed E-state index contributed by atoms with van der Waals surface area (Å²) in [7, 11) is 0. The van der Waals surface area contributed by atoms with Gasteiger partial charge in [-0.15, -0.1) is 0 Å². The monoisotopic (exact) mass is 278 g/mol. The molecular formula is C13H14N2O5. The van der Waals surface area contributed by atoms with E-state index in [2.05, 4.69) is 0 Å². The zero-order chi connectivity index (χ0) is 14.7. The molecule has 0 heterocycles. The topological polar surface area (TPSA) is 103 Å². The van der Waals surface area contributed by atoms with Crippen molar-refractivity contribution in [3.8, 4) is 0 Å². The van der Waals surface area contributed by atoms with Crippen LogP contribution in [0.1, 0.15) is 37.2 Å². The third-order valence-electron chi connectivity index (χ3n) is 3.78. The van der Waals surface area contributed by atoms with Crippen LogP contribution in [0.5, 0.6) is 0 Å². The lowest BCUT2D eigenvalue weighted by Crippen LogP contribution is -2.26. The molecule has 7 heteroatoms. The highest BCUT2D eigenvalue weighted by Gasteiger charge is 2.39. The van der Waals surface area contributed by atoms with Crippen LogP contribution in [0.25, 0.3) is 0 Å². The molecule has 2 rings (SSSR count). The fourth-order valence-electron chi connectivity index (χ4n) is 2.82. The van der Waals surface area contributed by atoms with Crippen LogP contribution in [0.15, 0.2) is 24.3 Å². The van der Waals surface area contributed by atoms with E-state index in [0.29, 0.717) is 5.56 Å². The summed E-state index contributed by atoms with van der Waals surface area (Å²) in [5.74, 6) is -1.87. The van der Waals surface area contributed by atoms with E-state index in [4.69, 9.17) is 0 Å². The summed E-state index contributed by atoms with van der Waals surface area (Å²) in [6.07, 6.45) is 3.47. The Morgan fingerprint density at radius 2 is 1.65 bits per heavy atom. The highest BCUT2D eigenvalue weighted by molar-refractivity contribution is 5.77. The highest BCUT2D eigenvalue weighted by Crippen LogP contribution is 2.38. The van der Waals surface area contributed by atoms with E-state index in [-0.39, 0.29) is 11.6 Å². The standard InChI is InChI=1S/C13H14N2O5/c16-13(15(19)20)12(9-3-1-2-4-9)10-5-7-11(8-6-10)14(17)18/h5-9,12H,1-4H2. The number of non-ortho nitro benzene ring substituents is 1. The number of amides is 1. The van der Waals surface area contributed by atoms with Gasteiger partial charge in [0.1, 0.15) is 10.8 Å². The van der Waals surface area contributed by atoms with Crippen molar-refractivity contribution >= 4 is 11.6 Å². The van der Waals surface area contributed by atoms with Crippen molar-refractivity contribution in [3.05, 3.63) is 50.1 Å². The predicted octanol–water partition coefficient (Wildman–Crippen LogP) is 2.67. The number of rotatable bonds is 4. The average Bonchev–Trinajstić information content (AvgIpc) is 2.93. The minimum Gasteiger partial charge on any atom is -0.258 e. The van der Waals surface area contributed by atoms with Crippen LogP contribution in [0.4, 0.5) is 5.69 Å². The van der Waals surface area contributed by atoms with E-state index in [1.165, 1.54) is 24.3 Å². The zero-order valence-corrected chi connectivity index (χ0v) is 10.7. The maximum absolute atomic E-state index is 11.8. The van der Waals surface area contributed by atoms with Gasteiger partial charge >= 0.3 is 5.91 Å². The van der Waals surface area contributed by atoms with Gasteiger partial charge in [0.2, 0.25) is 0 Å². The first-order valence-corrected chi connectivity index (χ1v) is 6.43. The Bertz CT molecular complexity index is 534. The van der Waals surface area contributed by atoms with E-state index in [9.17, 15) is 25.0 Å². The SMILES string of the molecule is O=C(C(c1ccc([N+](=O)[O-])cc1)C1CCCC1)[N+](=O)[O-]. The van der Waals surface area contributed by atoms with Gasteiger partial charge in [-0.1, -0.05) is 25.0 Å². The van der Waals surface area contributed by atoms with Gasteiger partial charge in [-0.25, -0.2) is 4.79 Å². The summed E-state index contributed by atoms with van der Waals surface area (Å²) in [6.45, 7) is 0. The molecule has 20 heavy (non-hydrogen) atoms. The van der Waals surface area contributed by atoms with E-state index in [1.54, 1.807) is 0 Å². The lowest BCUT2D eigenvalue weighted by molar-refractivity contribution is -0.405. The number of hydrogen-bond donors (Lipinski definition) is 0. The number of nitrogens with zero attached hydrogens (tertiary/aromatic N) is 2. The maximum atomic E-state index is 11.8. The smallest absolute Gasteiger partial charge is 0.258 e. The number of carbonyl (C=O) groups is 1. The second kappa shape index (κ2) is 5.77. The Morgan fingerprint density at radius 3 is 2.10 bits per heavy atom. The molecule has 1 fully saturated rings. The third kappa shape index (κ3) is 2.81. The summed E-state index contributed by atoms with van der Waals surface area (Å²) < 4.78 is 0. The molecule has 1 aliphatic rings. The Kier molecular flexibility index (Phi) is 4.07. The van der Waals surface area contributed by atoms with Crippen LogP contribution in [-0.2, 0) is 4.79 Å². The van der Waals surface area contributed by atoms with E-state index >= 15 is 0 Å². The first kappa shape index (κ1) is 14.1. The minimum atomic E-state index is -1.02. The van der Waals surface area contributed by atoms with E-state index in [1.807, 2.05) is 0 Å². The molecule has 1 aliphatic carbocycles. The summed E-state index contributed by atoms with van der Waals surface area (Å²) in [6, 6.07) is 5.46. The molecule has 1 atom stereocenters. The van der Waals surface area contributed by atoms with Gasteiger partial charge in [0.25, 0.3) is 5.69 Å². The molecule has 1 amide bonds. The van der Waals surface area contributed by atoms with Crippen molar-refractivity contribution in [3.63, 3.8) is 0 Å². The lowest BCUT2D eigenvalue weighted by atomic mass is 9.84. The Balaban J connectivity index is 2.32. The first-order chi connectivity index (χ1) is 9.50. The van der Waals surface area contributed by atoms with Gasteiger partial charge in [0, 0.05) is 12.1 Å². The molecule has 0 aliphatic heterocycles. The first-order valence-electron chi connectivity index (χ1n) is 6.43. The highest BCUT2D eigenvalue weighted by atomic mass is 16.6. The number of nitro benzene ring substituents is 1. The molecule has 0 spiro atoms. The Labute approximate surface area is 114 Å². The van der Waals surface area contributed by atoms with Gasteiger partial charge in [-0.3, -0.25) is 20.2 Å². The van der Waals surface area contributed by atoms with E-state index < -0.39 is 21.7 Å². The molecule has 0 saturated heterocycles. The number of hydrogen-bond acceptors (Lipinski definition) is 5. The molecule has 0 aromatic heterocycles. The molecular weight excluding hydrogens is 264 g/mol. The fourth-order valence-corrected chi connectivity index (χ4v) is 2.82. The molecule has 1 aromatic carbocycles. The maximum Gasteiger partial charge on any atom is 0.452 e. The third-order valence-corrected chi connectivity index (χ3v) is 3.78. The van der Waals surface area contributed by atoms with Gasteiger partial charge in [0.05, 0.1) is 4.92 Å². The summed E-state index contributed by atoms with van der Waals surface area (Å²) >= 11 is 0. The number of carbonyl (C=O) groups excluding carboxylic acids is 1. The largest absolute Gasteiger partial charge is 0.452 e. The van der Waals surface area contributed by atoms with Crippen LogP contribution in [0, 0.1) is 26.1 Å². The van der Waals surface area contributed by atoms with Crippen molar-refractivity contribution < 1.29 is 14.6 Å². The second-order valence-corrected chi connectivity index (χ2v) is 4.97. The number of benzene rings is 1.